The van der Waals surface area contributed by atoms with E-state index in [1.54, 1.807) is 11.0 Å². The van der Waals surface area contributed by atoms with Gasteiger partial charge in [-0.25, -0.2) is 0 Å². The Bertz CT molecular complexity index is 387. The number of nitrogens with two attached hydrogens (primary N) is 1. The summed E-state index contributed by atoms with van der Waals surface area (Å²) >= 11 is 3.25. The van der Waals surface area contributed by atoms with E-state index in [-0.39, 0.29) is 11.9 Å². The number of carbonyl (C=O) groups is 1. The molecule has 2 unspecified atom stereocenters. The fraction of sp³-hybridized carbons (Fsp3) is 0.545. The highest BCUT2D eigenvalue weighted by molar-refractivity contribution is 9.10. The van der Waals surface area contributed by atoms with Gasteiger partial charge in [0.25, 0.3) is 5.91 Å². The average Bonchev–Trinajstić information content (AvgIpc) is 2.72. The van der Waals surface area contributed by atoms with Crippen molar-refractivity contribution in [1.82, 2.24) is 4.90 Å². The molecule has 4 nitrogen and oxygen atoms in total. The lowest BCUT2D eigenvalue weighted by Gasteiger charge is -2.13. The summed E-state index contributed by atoms with van der Waals surface area (Å²) in [5.74, 6) is 0.655. The molecule has 1 aliphatic heterocycles. The third-order valence-electron chi connectivity index (χ3n) is 3.03. The van der Waals surface area contributed by atoms with Crippen LogP contribution in [0.4, 0.5) is 0 Å². The zero-order valence-electron chi connectivity index (χ0n) is 9.37. The maximum absolute atomic E-state index is 12.1. The van der Waals surface area contributed by atoms with Crippen molar-refractivity contribution in [2.75, 3.05) is 13.1 Å². The SMILES string of the molecule is Cc1cc(C(=O)N2CC(C)C(N)C2)oc1Br. The van der Waals surface area contributed by atoms with E-state index in [1.807, 2.05) is 6.92 Å². The Morgan fingerprint density at radius 3 is 2.75 bits per heavy atom. The highest BCUT2D eigenvalue weighted by atomic mass is 79.9. The molecule has 2 rings (SSSR count). The lowest BCUT2D eigenvalue weighted by atomic mass is 10.1. The molecular weight excluding hydrogens is 272 g/mol. The van der Waals surface area contributed by atoms with Gasteiger partial charge in [-0.15, -0.1) is 0 Å². The fourth-order valence-corrected chi connectivity index (χ4v) is 2.17. The molecule has 0 aliphatic carbocycles. The van der Waals surface area contributed by atoms with Crippen LogP contribution in [0.2, 0.25) is 0 Å². The van der Waals surface area contributed by atoms with Crippen LogP contribution in [0, 0.1) is 12.8 Å². The predicted molar refractivity (Wildman–Crippen MR) is 64.2 cm³/mol. The quantitative estimate of drug-likeness (QED) is 0.856. The Morgan fingerprint density at radius 2 is 2.31 bits per heavy atom. The molecular formula is C11H15BrN2O2. The third-order valence-corrected chi connectivity index (χ3v) is 3.81. The molecule has 0 saturated carbocycles. The molecule has 1 saturated heterocycles. The monoisotopic (exact) mass is 286 g/mol. The number of carbonyl (C=O) groups excluding carboxylic acids is 1. The molecule has 2 atom stereocenters. The highest BCUT2D eigenvalue weighted by Crippen LogP contribution is 2.23. The van der Waals surface area contributed by atoms with Gasteiger partial charge in [0, 0.05) is 24.7 Å². The fourth-order valence-electron chi connectivity index (χ4n) is 1.88. The van der Waals surface area contributed by atoms with Crippen molar-refractivity contribution in [3.63, 3.8) is 0 Å². The van der Waals surface area contributed by atoms with Gasteiger partial charge in [0.05, 0.1) is 0 Å². The minimum Gasteiger partial charge on any atom is -0.444 e. The van der Waals surface area contributed by atoms with Crippen LogP contribution in [0.1, 0.15) is 23.0 Å². The van der Waals surface area contributed by atoms with Crippen LogP contribution in [0.15, 0.2) is 15.2 Å². The molecule has 1 aromatic heterocycles. The second kappa shape index (κ2) is 4.22. The summed E-state index contributed by atoms with van der Waals surface area (Å²) in [7, 11) is 0. The summed E-state index contributed by atoms with van der Waals surface area (Å²) < 4.78 is 5.96. The Morgan fingerprint density at radius 1 is 1.62 bits per heavy atom. The van der Waals surface area contributed by atoms with Gasteiger partial charge in [0.2, 0.25) is 0 Å². The van der Waals surface area contributed by atoms with Crippen LogP contribution in [0.25, 0.3) is 0 Å². The first-order valence-electron chi connectivity index (χ1n) is 5.30. The maximum atomic E-state index is 12.1. The molecule has 2 N–H and O–H groups in total. The molecule has 2 heterocycles. The molecule has 1 aromatic rings. The van der Waals surface area contributed by atoms with Crippen LogP contribution in [-0.4, -0.2) is 29.9 Å². The van der Waals surface area contributed by atoms with Crippen molar-refractivity contribution in [2.45, 2.75) is 19.9 Å². The second-order valence-corrected chi connectivity index (χ2v) is 5.14. The number of halogens is 1. The normalized spacial score (nSPS) is 25.1. The van der Waals surface area contributed by atoms with Crippen molar-refractivity contribution < 1.29 is 9.21 Å². The van der Waals surface area contributed by atoms with E-state index in [4.69, 9.17) is 10.2 Å². The van der Waals surface area contributed by atoms with Crippen molar-refractivity contribution in [2.24, 2.45) is 11.7 Å². The Balaban J connectivity index is 2.14. The minimum atomic E-state index is -0.0754. The molecule has 88 valence electrons. The van der Waals surface area contributed by atoms with Crippen molar-refractivity contribution in [3.8, 4) is 0 Å². The summed E-state index contributed by atoms with van der Waals surface area (Å²) in [4.78, 5) is 13.8. The summed E-state index contributed by atoms with van der Waals surface area (Å²) in [6, 6.07) is 1.82. The maximum Gasteiger partial charge on any atom is 0.289 e. The van der Waals surface area contributed by atoms with Crippen LogP contribution in [-0.2, 0) is 0 Å². The first-order valence-corrected chi connectivity index (χ1v) is 6.09. The first kappa shape index (κ1) is 11.7. The molecule has 0 aromatic carbocycles. The van der Waals surface area contributed by atoms with Gasteiger partial charge in [-0.3, -0.25) is 4.79 Å². The van der Waals surface area contributed by atoms with Crippen LogP contribution in [0.3, 0.4) is 0 Å². The van der Waals surface area contributed by atoms with Crippen molar-refractivity contribution in [3.05, 3.63) is 22.1 Å². The molecule has 1 fully saturated rings. The largest absolute Gasteiger partial charge is 0.444 e. The Kier molecular flexibility index (Phi) is 3.08. The summed E-state index contributed by atoms with van der Waals surface area (Å²) in [6.45, 7) is 5.26. The number of amides is 1. The third kappa shape index (κ3) is 2.01. The molecule has 0 spiro atoms. The zero-order valence-corrected chi connectivity index (χ0v) is 11.0. The van der Waals surface area contributed by atoms with Gasteiger partial charge in [0.1, 0.15) is 0 Å². The number of rotatable bonds is 1. The van der Waals surface area contributed by atoms with Crippen molar-refractivity contribution in [1.29, 1.82) is 0 Å². The molecule has 1 amide bonds. The van der Waals surface area contributed by atoms with E-state index in [2.05, 4.69) is 22.9 Å². The number of hydrogen-bond donors (Lipinski definition) is 1. The lowest BCUT2D eigenvalue weighted by Crippen LogP contribution is -2.31. The van der Waals surface area contributed by atoms with Gasteiger partial charge < -0.3 is 15.1 Å². The van der Waals surface area contributed by atoms with Crippen LogP contribution >= 0.6 is 15.9 Å². The van der Waals surface area contributed by atoms with Crippen molar-refractivity contribution >= 4 is 21.8 Å². The molecule has 16 heavy (non-hydrogen) atoms. The van der Waals surface area contributed by atoms with E-state index in [1.165, 1.54) is 0 Å². The average molecular weight is 287 g/mol. The van der Waals surface area contributed by atoms with Gasteiger partial charge >= 0.3 is 0 Å². The van der Waals surface area contributed by atoms with Gasteiger partial charge in [-0.05, 0) is 34.8 Å². The van der Waals surface area contributed by atoms with E-state index in [9.17, 15) is 4.79 Å². The van der Waals surface area contributed by atoms with E-state index in [0.29, 0.717) is 29.4 Å². The number of furan rings is 1. The number of aryl methyl sites for hydroxylation is 1. The summed E-state index contributed by atoms with van der Waals surface area (Å²) in [5, 5.41) is 0. The minimum absolute atomic E-state index is 0.0726. The molecule has 5 heteroatoms. The smallest absolute Gasteiger partial charge is 0.289 e. The van der Waals surface area contributed by atoms with E-state index >= 15 is 0 Å². The topological polar surface area (TPSA) is 59.5 Å². The molecule has 0 radical (unpaired) electrons. The number of hydrogen-bond acceptors (Lipinski definition) is 3. The predicted octanol–water partition coefficient (Wildman–Crippen LogP) is 1.77. The number of nitrogens with zero attached hydrogens (tertiary/aromatic N) is 1. The Hall–Kier alpha value is -0.810. The summed E-state index contributed by atoms with van der Waals surface area (Å²) in [5.41, 5.74) is 6.82. The van der Waals surface area contributed by atoms with Gasteiger partial charge in [-0.1, -0.05) is 6.92 Å². The van der Waals surface area contributed by atoms with E-state index < -0.39 is 0 Å². The first-order chi connectivity index (χ1) is 7.49. The molecule has 0 bridgehead atoms. The standard InChI is InChI=1S/C11H15BrN2O2/c1-6-3-9(16-10(6)12)11(15)14-4-7(2)8(13)5-14/h3,7-8H,4-5,13H2,1-2H3. The zero-order chi connectivity index (χ0) is 11.9. The van der Waals surface area contributed by atoms with Gasteiger partial charge in [0.15, 0.2) is 10.4 Å². The van der Waals surface area contributed by atoms with E-state index in [0.717, 1.165) is 5.56 Å². The van der Waals surface area contributed by atoms with Crippen LogP contribution in [0.5, 0.6) is 0 Å². The summed E-state index contributed by atoms with van der Waals surface area (Å²) in [6.07, 6.45) is 0. The molecule has 1 aliphatic rings. The van der Waals surface area contributed by atoms with Crippen LogP contribution < -0.4 is 5.73 Å². The lowest BCUT2D eigenvalue weighted by molar-refractivity contribution is 0.0754. The van der Waals surface area contributed by atoms with Gasteiger partial charge in [-0.2, -0.15) is 0 Å². The number of likely N-dealkylation sites (tertiary alicyclic amines) is 1. The highest BCUT2D eigenvalue weighted by Gasteiger charge is 2.31. The Labute approximate surface area is 103 Å². The second-order valence-electron chi connectivity index (χ2n) is 4.42.